The highest BCUT2D eigenvalue weighted by atomic mass is 35.5. The van der Waals surface area contributed by atoms with Crippen LogP contribution < -0.4 is 20.1 Å². The van der Waals surface area contributed by atoms with Crippen LogP contribution in [0.15, 0.2) is 47.4 Å². The van der Waals surface area contributed by atoms with E-state index in [0.29, 0.717) is 17.9 Å². The second-order valence-electron chi connectivity index (χ2n) is 8.40. The van der Waals surface area contributed by atoms with Crippen molar-refractivity contribution in [2.75, 3.05) is 11.4 Å². The van der Waals surface area contributed by atoms with E-state index in [1.165, 1.54) is 24.4 Å². The molecule has 5 heterocycles. The molecular weight excluding hydrogens is 423 g/mol. The van der Waals surface area contributed by atoms with E-state index in [2.05, 4.69) is 14.9 Å². The summed E-state index contributed by atoms with van der Waals surface area (Å²) in [6.45, 7) is 1.78. The number of halogens is 2. The zero-order valence-corrected chi connectivity index (χ0v) is 17.2. The topological polar surface area (TPSA) is 69.5 Å². The Morgan fingerprint density at radius 2 is 2.10 bits per heavy atom. The number of aromatic nitrogens is 3. The second kappa shape index (κ2) is 6.68. The maximum atomic E-state index is 14.5. The van der Waals surface area contributed by atoms with Crippen LogP contribution in [0, 0.1) is 11.7 Å². The Labute approximate surface area is 182 Å². The van der Waals surface area contributed by atoms with Gasteiger partial charge in [-0.3, -0.25) is 4.57 Å². The molecule has 9 heteroatoms. The molecule has 1 saturated carbocycles. The number of ether oxygens (including phenoxy) is 2. The first kappa shape index (κ1) is 18.6. The molecule has 1 spiro atoms. The molecule has 158 valence electrons. The van der Waals surface area contributed by atoms with Gasteiger partial charge in [-0.1, -0.05) is 17.7 Å². The fourth-order valence-corrected chi connectivity index (χ4v) is 5.19. The van der Waals surface area contributed by atoms with Crippen LogP contribution in [0.2, 0.25) is 5.15 Å². The average molecular weight is 441 g/mol. The van der Waals surface area contributed by atoms with Crippen molar-refractivity contribution in [3.63, 3.8) is 0 Å². The van der Waals surface area contributed by atoms with Crippen LogP contribution in [0.5, 0.6) is 17.4 Å². The lowest BCUT2D eigenvalue weighted by molar-refractivity contribution is 0.229. The molecule has 2 aromatic heterocycles. The van der Waals surface area contributed by atoms with E-state index in [4.69, 9.17) is 21.1 Å². The van der Waals surface area contributed by atoms with Crippen molar-refractivity contribution >= 4 is 17.4 Å². The molecule has 0 atom stereocenters. The van der Waals surface area contributed by atoms with Gasteiger partial charge < -0.3 is 14.4 Å². The smallest absolute Gasteiger partial charge is 0.352 e. The highest BCUT2D eigenvalue weighted by Crippen LogP contribution is 2.56. The summed E-state index contributed by atoms with van der Waals surface area (Å²) in [7, 11) is 0. The molecule has 0 radical (unpaired) electrons. The van der Waals surface area contributed by atoms with E-state index in [1.54, 1.807) is 16.7 Å². The predicted molar refractivity (Wildman–Crippen MR) is 111 cm³/mol. The number of anilines is 1. The van der Waals surface area contributed by atoms with Crippen molar-refractivity contribution < 1.29 is 13.9 Å². The molecule has 2 bridgehead atoms. The van der Waals surface area contributed by atoms with Crippen LogP contribution >= 0.6 is 11.6 Å². The summed E-state index contributed by atoms with van der Waals surface area (Å²) in [6, 6.07) is 9.47. The molecule has 3 aliphatic heterocycles. The Morgan fingerprint density at radius 3 is 2.90 bits per heavy atom. The normalized spacial score (nSPS) is 22.6. The third kappa shape index (κ3) is 3.05. The zero-order valence-electron chi connectivity index (χ0n) is 16.4. The minimum Gasteiger partial charge on any atom is -0.473 e. The largest absolute Gasteiger partial charge is 0.473 e. The first-order chi connectivity index (χ1) is 15.0. The summed E-state index contributed by atoms with van der Waals surface area (Å²) in [5.41, 5.74) is 0.403. The van der Waals surface area contributed by atoms with Gasteiger partial charge in [-0.25, -0.2) is 14.2 Å². The summed E-state index contributed by atoms with van der Waals surface area (Å²) in [5.74, 6) is 1.79. The molecular formula is C22H18ClFN4O3. The average Bonchev–Trinajstić information content (AvgIpc) is 3.34. The van der Waals surface area contributed by atoms with Crippen molar-refractivity contribution in [1.29, 1.82) is 0 Å². The van der Waals surface area contributed by atoms with Crippen LogP contribution in [0.1, 0.15) is 18.4 Å². The molecule has 7 rings (SSSR count). The Morgan fingerprint density at radius 1 is 1.23 bits per heavy atom. The van der Waals surface area contributed by atoms with E-state index < -0.39 is 5.82 Å². The Bertz CT molecular complexity index is 1260. The minimum atomic E-state index is -0.533. The molecule has 7 nitrogen and oxygen atoms in total. The first-order valence-corrected chi connectivity index (χ1v) is 10.5. The van der Waals surface area contributed by atoms with Crippen LogP contribution in [-0.4, -0.2) is 26.6 Å². The molecule has 1 aliphatic carbocycles. The lowest BCUT2D eigenvalue weighted by Crippen LogP contribution is -2.44. The molecule has 3 fully saturated rings. The predicted octanol–water partition coefficient (Wildman–Crippen LogP) is 3.78. The van der Waals surface area contributed by atoms with Crippen molar-refractivity contribution in [3.05, 3.63) is 69.6 Å². The number of pyridine rings is 1. The number of hydrogen-bond donors (Lipinski definition) is 0. The number of hydrogen-bond acceptors (Lipinski definition) is 6. The number of nitrogens with zero attached hydrogens (tertiary/aromatic N) is 4. The third-order valence-electron chi connectivity index (χ3n) is 6.35. The van der Waals surface area contributed by atoms with Crippen LogP contribution in [0.25, 0.3) is 0 Å². The van der Waals surface area contributed by atoms with Crippen molar-refractivity contribution in [3.8, 4) is 17.4 Å². The molecule has 3 aromatic rings. The maximum Gasteiger partial charge on any atom is 0.352 e. The van der Waals surface area contributed by atoms with Gasteiger partial charge in [0, 0.05) is 24.9 Å². The number of rotatable bonds is 5. The highest BCUT2D eigenvalue weighted by molar-refractivity contribution is 6.29. The van der Waals surface area contributed by atoms with E-state index in [9.17, 15) is 9.18 Å². The van der Waals surface area contributed by atoms with Gasteiger partial charge in [-0.15, -0.1) is 0 Å². The molecule has 0 unspecified atom stereocenters. The highest BCUT2D eigenvalue weighted by Gasteiger charge is 2.60. The second-order valence-corrected chi connectivity index (χ2v) is 8.79. The van der Waals surface area contributed by atoms with Gasteiger partial charge in [0.15, 0.2) is 11.6 Å². The lowest BCUT2D eigenvalue weighted by Gasteiger charge is -2.37. The van der Waals surface area contributed by atoms with Gasteiger partial charge in [0.05, 0.1) is 12.1 Å². The van der Waals surface area contributed by atoms with E-state index in [-0.39, 0.29) is 34.6 Å². The van der Waals surface area contributed by atoms with Crippen LogP contribution in [0.3, 0.4) is 0 Å². The summed E-state index contributed by atoms with van der Waals surface area (Å²) in [6.07, 6.45) is 3.77. The Hall–Kier alpha value is -3.13. The molecule has 0 N–H and O–H groups in total. The Balaban J connectivity index is 1.17. The summed E-state index contributed by atoms with van der Waals surface area (Å²) < 4.78 is 27.5. The standard InChI is InChI=1S/C22H18ClFN4O3/c23-18-6-15(3-4-25-18)31-17-2-1-13(5-16(17)24)11-30-19-7-20-27(21(29)26-19)12-22-8-14(9-22)10-28(20)22/h1-7,14H,8-12H2. The van der Waals surface area contributed by atoms with Crippen molar-refractivity contribution in [1.82, 2.24) is 14.5 Å². The monoisotopic (exact) mass is 440 g/mol. The summed E-state index contributed by atoms with van der Waals surface area (Å²) >= 11 is 5.83. The van der Waals surface area contributed by atoms with Crippen LogP contribution in [-0.2, 0) is 13.2 Å². The molecule has 0 amide bonds. The SMILES string of the molecule is O=c1nc(OCc2ccc(Oc3ccnc(Cl)c3)c(F)c2)cc2n1CC13CC(CN21)C3. The van der Waals surface area contributed by atoms with Crippen LogP contribution in [0.4, 0.5) is 10.2 Å². The van der Waals surface area contributed by atoms with Gasteiger partial charge in [0.1, 0.15) is 23.3 Å². The fourth-order valence-electron chi connectivity index (χ4n) is 5.03. The maximum absolute atomic E-state index is 14.5. The summed E-state index contributed by atoms with van der Waals surface area (Å²) in [4.78, 5) is 22.7. The quantitative estimate of drug-likeness (QED) is 0.562. The van der Waals surface area contributed by atoms with E-state index >= 15 is 0 Å². The fraction of sp³-hybridized carbons (Fsp3) is 0.318. The van der Waals surface area contributed by atoms with Gasteiger partial charge in [-0.2, -0.15) is 4.98 Å². The minimum absolute atomic E-state index is 0.0678. The number of fused-ring (bicyclic) bond motifs is 1. The van der Waals surface area contributed by atoms with Gasteiger partial charge in [0.25, 0.3) is 0 Å². The van der Waals surface area contributed by atoms with E-state index in [1.807, 2.05) is 6.07 Å². The third-order valence-corrected chi connectivity index (χ3v) is 6.56. The van der Waals surface area contributed by atoms with Gasteiger partial charge in [0.2, 0.25) is 5.88 Å². The summed E-state index contributed by atoms with van der Waals surface area (Å²) in [5, 5.41) is 0.262. The van der Waals surface area contributed by atoms with Crippen molar-refractivity contribution in [2.45, 2.75) is 31.5 Å². The zero-order chi connectivity index (χ0) is 21.2. The number of benzene rings is 1. The Kier molecular flexibility index (Phi) is 4.02. The molecule has 2 saturated heterocycles. The molecule has 1 aromatic carbocycles. The molecule has 31 heavy (non-hydrogen) atoms. The molecule has 4 aliphatic rings. The van der Waals surface area contributed by atoms with E-state index in [0.717, 1.165) is 31.1 Å². The van der Waals surface area contributed by atoms with Gasteiger partial charge in [-0.05, 0) is 42.5 Å². The lowest BCUT2D eigenvalue weighted by atomic mass is 9.74. The first-order valence-electron chi connectivity index (χ1n) is 10.1. The van der Waals surface area contributed by atoms with Crippen molar-refractivity contribution in [2.24, 2.45) is 5.92 Å². The van der Waals surface area contributed by atoms with Gasteiger partial charge >= 0.3 is 5.69 Å².